The molecule has 0 spiro atoms. The van der Waals surface area contributed by atoms with Crippen molar-refractivity contribution in [2.24, 2.45) is 0 Å². The molecule has 1 fully saturated rings. The molecular weight excluding hydrogens is 366 g/mol. The minimum absolute atomic E-state index is 0.123. The van der Waals surface area contributed by atoms with Crippen LogP contribution in [0, 0.1) is 0 Å². The molecule has 0 aliphatic carbocycles. The van der Waals surface area contributed by atoms with Gasteiger partial charge < -0.3 is 14.7 Å². The fourth-order valence-electron chi connectivity index (χ4n) is 3.30. The Balaban J connectivity index is 2.57. The van der Waals surface area contributed by atoms with Crippen molar-refractivity contribution in [3.05, 3.63) is 0 Å². The van der Waals surface area contributed by atoms with Gasteiger partial charge >= 0.3 is 0 Å². The Morgan fingerprint density at radius 2 is 1.22 bits per heavy atom. The monoisotopic (exact) mass is 405 g/mol. The highest BCUT2D eigenvalue weighted by molar-refractivity contribution is 7.76. The quantitative estimate of drug-likeness (QED) is 0.443. The molecule has 1 atom stereocenters. The number of hydrogen-bond acceptors (Lipinski definition) is 5. The van der Waals surface area contributed by atoms with E-state index in [1.54, 1.807) is 0 Å². The van der Waals surface area contributed by atoms with Crippen LogP contribution in [0.25, 0.3) is 0 Å². The summed E-state index contributed by atoms with van der Waals surface area (Å²) in [4.78, 5) is 21.6. The number of hydrogen-bond donors (Lipinski definition) is 1. The van der Waals surface area contributed by atoms with Crippen molar-refractivity contribution in [3.8, 4) is 0 Å². The average Bonchev–Trinajstić information content (AvgIpc) is 2.69. The minimum atomic E-state index is -1.94. The molecule has 160 valence electrons. The van der Waals surface area contributed by atoms with Crippen LogP contribution in [0.2, 0.25) is 0 Å². The van der Waals surface area contributed by atoms with Crippen LogP contribution in [0.5, 0.6) is 0 Å². The van der Waals surface area contributed by atoms with Gasteiger partial charge in [-0.15, -0.1) is 0 Å². The lowest BCUT2D eigenvalue weighted by molar-refractivity contribution is -0.133. The smallest absolute Gasteiger partial charge is 0.236 e. The van der Waals surface area contributed by atoms with E-state index in [0.717, 1.165) is 52.4 Å². The highest BCUT2D eigenvalue weighted by atomic mass is 32.2. The molecule has 0 bridgehead atoms. The maximum Gasteiger partial charge on any atom is 0.236 e. The number of amides is 1. The van der Waals surface area contributed by atoms with E-state index in [9.17, 15) is 9.00 Å². The third kappa shape index (κ3) is 8.97. The molecule has 1 saturated heterocycles. The molecular formula is C18H39N5O3S. The Labute approximate surface area is 167 Å². The summed E-state index contributed by atoms with van der Waals surface area (Å²) >= 11 is -1.94. The van der Waals surface area contributed by atoms with Crippen molar-refractivity contribution in [2.75, 3.05) is 85.1 Å². The van der Waals surface area contributed by atoms with Gasteiger partial charge in [0.2, 0.25) is 17.2 Å². The molecule has 1 N–H and O–H groups in total. The zero-order valence-corrected chi connectivity index (χ0v) is 18.4. The lowest BCUT2D eigenvalue weighted by Crippen LogP contribution is -2.52. The van der Waals surface area contributed by atoms with Gasteiger partial charge in [-0.2, -0.15) is 4.31 Å². The summed E-state index contributed by atoms with van der Waals surface area (Å²) in [6.07, 6.45) is 0. The van der Waals surface area contributed by atoms with Crippen molar-refractivity contribution in [2.45, 2.75) is 27.7 Å². The second-order valence-electron chi connectivity index (χ2n) is 6.87. The Kier molecular flexibility index (Phi) is 12.3. The molecule has 1 amide bonds. The topological polar surface area (TPSA) is 70.6 Å². The van der Waals surface area contributed by atoms with Gasteiger partial charge in [0.05, 0.1) is 6.54 Å². The number of nitrogens with zero attached hydrogens (tertiary/aromatic N) is 5. The highest BCUT2D eigenvalue weighted by Crippen LogP contribution is 2.05. The van der Waals surface area contributed by atoms with Crippen LogP contribution < -0.4 is 0 Å². The summed E-state index contributed by atoms with van der Waals surface area (Å²) in [7, 11) is 0. The summed E-state index contributed by atoms with van der Waals surface area (Å²) < 4.78 is 21.8. The van der Waals surface area contributed by atoms with Crippen molar-refractivity contribution in [1.82, 2.24) is 23.9 Å². The van der Waals surface area contributed by atoms with Crippen LogP contribution in [0.3, 0.4) is 0 Å². The third-order valence-corrected chi connectivity index (χ3v) is 6.23. The first-order valence-corrected chi connectivity index (χ1v) is 11.3. The van der Waals surface area contributed by atoms with Gasteiger partial charge in [-0.1, -0.05) is 27.7 Å². The third-order valence-electron chi connectivity index (χ3n) is 5.42. The molecule has 1 aliphatic rings. The molecule has 1 heterocycles. The molecule has 8 nitrogen and oxygen atoms in total. The zero-order valence-electron chi connectivity index (χ0n) is 17.6. The van der Waals surface area contributed by atoms with E-state index in [-0.39, 0.29) is 5.91 Å². The summed E-state index contributed by atoms with van der Waals surface area (Å²) in [6, 6.07) is 0. The molecule has 0 aromatic carbocycles. The standard InChI is InChI=1S/C18H39N5O3S/c1-5-19(6-2)9-11-21(12-10-20(7-3)8-4)17-18(24)22-13-15-23(16-14-22)27(25)26/h5-17H2,1-4H3,(H,25,26). The maximum atomic E-state index is 12.8. The van der Waals surface area contributed by atoms with Crippen molar-refractivity contribution >= 4 is 17.2 Å². The fourth-order valence-corrected chi connectivity index (χ4v) is 3.78. The summed E-state index contributed by atoms with van der Waals surface area (Å²) in [5.74, 6) is 0.123. The SMILES string of the molecule is CCN(CC)CCN(CCN(CC)CC)CC(=O)N1CCN(S(=O)O)CC1. The van der Waals surface area contributed by atoms with Crippen molar-refractivity contribution < 1.29 is 13.6 Å². The van der Waals surface area contributed by atoms with E-state index >= 15 is 0 Å². The predicted octanol–water partition coefficient (Wildman–Crippen LogP) is 0.253. The Morgan fingerprint density at radius 3 is 1.59 bits per heavy atom. The van der Waals surface area contributed by atoms with E-state index in [1.807, 2.05) is 4.90 Å². The van der Waals surface area contributed by atoms with Gasteiger partial charge in [0.25, 0.3) is 0 Å². The highest BCUT2D eigenvalue weighted by Gasteiger charge is 2.25. The Hall–Kier alpha value is -0.580. The number of rotatable bonds is 13. The first-order valence-electron chi connectivity index (χ1n) is 10.3. The van der Waals surface area contributed by atoms with E-state index in [1.165, 1.54) is 4.31 Å². The predicted molar refractivity (Wildman–Crippen MR) is 111 cm³/mol. The van der Waals surface area contributed by atoms with Gasteiger partial charge in [0.15, 0.2) is 0 Å². The van der Waals surface area contributed by atoms with Gasteiger partial charge in [0, 0.05) is 52.4 Å². The molecule has 0 aromatic rings. The van der Waals surface area contributed by atoms with Crippen molar-refractivity contribution in [1.29, 1.82) is 0 Å². The van der Waals surface area contributed by atoms with Gasteiger partial charge in [-0.25, -0.2) is 4.21 Å². The number of carbonyl (C=O) groups excluding carboxylic acids is 1. The molecule has 0 saturated carbocycles. The molecule has 1 unspecified atom stereocenters. The van der Waals surface area contributed by atoms with Gasteiger partial charge in [-0.05, 0) is 26.2 Å². The number of likely N-dealkylation sites (N-methyl/N-ethyl adjacent to an activating group) is 2. The lowest BCUT2D eigenvalue weighted by atomic mass is 10.3. The molecule has 1 aliphatic heterocycles. The van der Waals surface area contributed by atoms with Crippen LogP contribution in [-0.2, 0) is 16.1 Å². The molecule has 9 heteroatoms. The van der Waals surface area contributed by atoms with Crippen LogP contribution in [-0.4, -0.2) is 124 Å². The van der Waals surface area contributed by atoms with Crippen LogP contribution in [0.15, 0.2) is 0 Å². The number of carbonyl (C=O) groups is 1. The molecule has 1 rings (SSSR count). The number of piperazine rings is 1. The first-order chi connectivity index (χ1) is 12.9. The summed E-state index contributed by atoms with van der Waals surface area (Å²) in [5, 5.41) is 0. The Morgan fingerprint density at radius 1 is 0.815 bits per heavy atom. The zero-order chi connectivity index (χ0) is 20.2. The maximum absolute atomic E-state index is 12.8. The molecule has 0 radical (unpaired) electrons. The van der Waals surface area contributed by atoms with Crippen LogP contribution in [0.1, 0.15) is 27.7 Å². The lowest BCUT2D eigenvalue weighted by Gasteiger charge is -2.34. The van der Waals surface area contributed by atoms with Crippen LogP contribution >= 0.6 is 0 Å². The summed E-state index contributed by atoms with van der Waals surface area (Å²) in [6.45, 7) is 18.8. The van der Waals surface area contributed by atoms with E-state index in [0.29, 0.717) is 32.7 Å². The first kappa shape index (κ1) is 24.5. The summed E-state index contributed by atoms with van der Waals surface area (Å²) in [5.41, 5.74) is 0. The molecule has 27 heavy (non-hydrogen) atoms. The van der Waals surface area contributed by atoms with E-state index < -0.39 is 11.3 Å². The minimum Gasteiger partial charge on any atom is -0.339 e. The Bertz CT molecular complexity index is 423. The average molecular weight is 406 g/mol. The van der Waals surface area contributed by atoms with Crippen LogP contribution in [0.4, 0.5) is 0 Å². The van der Waals surface area contributed by atoms with Gasteiger partial charge in [0.1, 0.15) is 0 Å². The normalized spacial score (nSPS) is 17.3. The van der Waals surface area contributed by atoms with E-state index in [4.69, 9.17) is 4.55 Å². The largest absolute Gasteiger partial charge is 0.339 e. The second kappa shape index (κ2) is 13.6. The second-order valence-corrected chi connectivity index (χ2v) is 7.85. The fraction of sp³-hybridized carbons (Fsp3) is 0.944. The molecule has 0 aromatic heterocycles. The van der Waals surface area contributed by atoms with Crippen molar-refractivity contribution in [3.63, 3.8) is 0 Å². The van der Waals surface area contributed by atoms with E-state index in [2.05, 4.69) is 42.4 Å². The van der Waals surface area contributed by atoms with Gasteiger partial charge in [-0.3, -0.25) is 14.2 Å².